The molecule has 1 fully saturated rings. The van der Waals surface area contributed by atoms with Crippen LogP contribution in [0.5, 0.6) is 0 Å². The van der Waals surface area contributed by atoms with E-state index >= 15 is 0 Å². The smallest absolute Gasteiger partial charge is 0.269 e. The van der Waals surface area contributed by atoms with Crippen LogP contribution in [0.1, 0.15) is 31.4 Å². The van der Waals surface area contributed by atoms with Crippen molar-refractivity contribution < 1.29 is 9.66 Å². The molecule has 1 aliphatic heterocycles. The fourth-order valence-corrected chi connectivity index (χ4v) is 2.52. The summed E-state index contributed by atoms with van der Waals surface area (Å²) in [5.41, 5.74) is 1.25. The molecule has 0 aliphatic carbocycles. The van der Waals surface area contributed by atoms with Gasteiger partial charge in [0.15, 0.2) is 0 Å². The second kappa shape index (κ2) is 6.12. The Morgan fingerprint density at radius 3 is 2.42 bits per heavy atom. The Bertz CT molecular complexity index is 427. The van der Waals surface area contributed by atoms with Gasteiger partial charge in [-0.25, -0.2) is 0 Å². The fraction of sp³-hybridized carbons (Fsp3) is 0.571. The first-order valence-corrected chi connectivity index (χ1v) is 6.63. The van der Waals surface area contributed by atoms with Crippen molar-refractivity contribution in [1.82, 2.24) is 4.90 Å². The van der Waals surface area contributed by atoms with Gasteiger partial charge in [0.1, 0.15) is 0 Å². The molecule has 104 valence electrons. The van der Waals surface area contributed by atoms with E-state index < -0.39 is 0 Å². The van der Waals surface area contributed by atoms with Crippen LogP contribution in [0.25, 0.3) is 0 Å². The number of hydrogen-bond acceptors (Lipinski definition) is 4. The van der Waals surface area contributed by atoms with Gasteiger partial charge in [0.05, 0.1) is 4.92 Å². The number of nitro groups is 1. The highest BCUT2D eigenvalue weighted by Crippen LogP contribution is 2.26. The third-order valence-corrected chi connectivity index (χ3v) is 3.96. The molecule has 0 bridgehead atoms. The Morgan fingerprint density at radius 1 is 1.32 bits per heavy atom. The molecule has 0 N–H and O–H groups in total. The largest absolute Gasteiger partial charge is 0.381 e. The summed E-state index contributed by atoms with van der Waals surface area (Å²) < 4.78 is 5.38. The quantitative estimate of drug-likeness (QED) is 0.620. The number of hydrogen-bond donors (Lipinski definition) is 0. The topological polar surface area (TPSA) is 55.6 Å². The van der Waals surface area contributed by atoms with E-state index in [4.69, 9.17) is 4.74 Å². The van der Waals surface area contributed by atoms with Crippen LogP contribution >= 0.6 is 0 Å². The van der Waals surface area contributed by atoms with Gasteiger partial charge in [-0.05, 0) is 32.4 Å². The maximum atomic E-state index is 10.6. The van der Waals surface area contributed by atoms with Crippen LogP contribution in [-0.2, 0) is 4.74 Å². The summed E-state index contributed by atoms with van der Waals surface area (Å²) in [6.45, 7) is 3.78. The number of nitro benzene ring substituents is 1. The Balaban J connectivity index is 2.05. The molecule has 0 spiro atoms. The predicted octanol–water partition coefficient (Wildman–Crippen LogP) is 2.77. The standard InChI is InChI=1S/C14H20N2O3/c1-11(15(2)13-7-9-19-10-8-13)12-3-5-14(6-4-12)16(17)18/h3-6,11,13H,7-10H2,1-2H3. The molecule has 1 heterocycles. The molecular weight excluding hydrogens is 244 g/mol. The van der Waals surface area contributed by atoms with E-state index in [-0.39, 0.29) is 16.7 Å². The minimum Gasteiger partial charge on any atom is -0.381 e. The van der Waals surface area contributed by atoms with Gasteiger partial charge in [0, 0.05) is 37.4 Å². The second-order valence-corrected chi connectivity index (χ2v) is 5.03. The van der Waals surface area contributed by atoms with Crippen molar-refractivity contribution in [2.45, 2.75) is 31.8 Å². The van der Waals surface area contributed by atoms with Gasteiger partial charge >= 0.3 is 0 Å². The Hall–Kier alpha value is -1.46. The Kier molecular flexibility index (Phi) is 4.50. The first-order chi connectivity index (χ1) is 9.09. The van der Waals surface area contributed by atoms with Crippen LogP contribution in [0.4, 0.5) is 5.69 Å². The van der Waals surface area contributed by atoms with E-state index in [1.54, 1.807) is 12.1 Å². The SMILES string of the molecule is CC(c1ccc([N+](=O)[O-])cc1)N(C)C1CCOCC1. The van der Waals surface area contributed by atoms with E-state index in [1.165, 1.54) is 0 Å². The van der Waals surface area contributed by atoms with Crippen molar-refractivity contribution in [2.24, 2.45) is 0 Å². The summed E-state index contributed by atoms with van der Waals surface area (Å²) in [5, 5.41) is 10.6. The molecule has 1 aromatic carbocycles. The highest BCUT2D eigenvalue weighted by atomic mass is 16.6. The molecule has 1 atom stereocenters. The summed E-state index contributed by atoms with van der Waals surface area (Å²) in [6, 6.07) is 7.62. The summed E-state index contributed by atoms with van der Waals surface area (Å²) >= 11 is 0. The second-order valence-electron chi connectivity index (χ2n) is 5.03. The third kappa shape index (κ3) is 3.30. The van der Waals surface area contributed by atoms with Crippen LogP contribution in [0.2, 0.25) is 0 Å². The lowest BCUT2D eigenvalue weighted by Crippen LogP contribution is -2.38. The molecule has 0 radical (unpaired) electrons. The normalized spacial score (nSPS) is 18.5. The average Bonchev–Trinajstić information content (AvgIpc) is 2.46. The van der Waals surface area contributed by atoms with Gasteiger partial charge in [-0.1, -0.05) is 12.1 Å². The minimum atomic E-state index is -0.364. The van der Waals surface area contributed by atoms with Crippen molar-refractivity contribution in [3.63, 3.8) is 0 Å². The number of rotatable bonds is 4. The lowest BCUT2D eigenvalue weighted by atomic mass is 10.0. The Labute approximate surface area is 113 Å². The molecule has 1 aromatic rings. The zero-order valence-electron chi connectivity index (χ0n) is 11.4. The van der Waals surface area contributed by atoms with Crippen LogP contribution in [0, 0.1) is 10.1 Å². The van der Waals surface area contributed by atoms with Crippen LogP contribution in [0.3, 0.4) is 0 Å². The van der Waals surface area contributed by atoms with Gasteiger partial charge in [0.25, 0.3) is 5.69 Å². The molecule has 0 saturated carbocycles. The van der Waals surface area contributed by atoms with Crippen LogP contribution in [0.15, 0.2) is 24.3 Å². The summed E-state index contributed by atoms with van der Waals surface area (Å²) in [4.78, 5) is 12.6. The fourth-order valence-electron chi connectivity index (χ4n) is 2.52. The number of ether oxygens (including phenoxy) is 1. The molecule has 0 amide bonds. The number of nitrogens with zero attached hydrogens (tertiary/aromatic N) is 2. The predicted molar refractivity (Wildman–Crippen MR) is 73.1 cm³/mol. The van der Waals surface area contributed by atoms with Crippen LogP contribution in [-0.4, -0.2) is 36.1 Å². The van der Waals surface area contributed by atoms with Crippen molar-refractivity contribution in [3.05, 3.63) is 39.9 Å². The molecule has 5 nitrogen and oxygen atoms in total. The number of non-ortho nitro benzene ring substituents is 1. The van der Waals surface area contributed by atoms with Gasteiger partial charge in [-0.15, -0.1) is 0 Å². The molecule has 0 aromatic heterocycles. The molecule has 1 aliphatic rings. The minimum absolute atomic E-state index is 0.143. The molecule has 2 rings (SSSR count). The van der Waals surface area contributed by atoms with Gasteiger partial charge in [-0.2, -0.15) is 0 Å². The highest BCUT2D eigenvalue weighted by molar-refractivity contribution is 5.34. The van der Waals surface area contributed by atoms with E-state index in [0.717, 1.165) is 31.6 Å². The van der Waals surface area contributed by atoms with Crippen molar-refractivity contribution >= 4 is 5.69 Å². The van der Waals surface area contributed by atoms with E-state index in [1.807, 2.05) is 12.1 Å². The van der Waals surface area contributed by atoms with E-state index in [2.05, 4.69) is 18.9 Å². The lowest BCUT2D eigenvalue weighted by molar-refractivity contribution is -0.384. The third-order valence-electron chi connectivity index (χ3n) is 3.96. The molecule has 19 heavy (non-hydrogen) atoms. The summed E-state index contributed by atoms with van der Waals surface area (Å²) in [7, 11) is 2.11. The lowest BCUT2D eigenvalue weighted by Gasteiger charge is -2.35. The summed E-state index contributed by atoms with van der Waals surface area (Å²) in [5.74, 6) is 0. The highest BCUT2D eigenvalue weighted by Gasteiger charge is 2.23. The van der Waals surface area contributed by atoms with E-state index in [0.29, 0.717) is 6.04 Å². The monoisotopic (exact) mass is 264 g/mol. The maximum absolute atomic E-state index is 10.6. The molecule has 1 saturated heterocycles. The van der Waals surface area contributed by atoms with E-state index in [9.17, 15) is 10.1 Å². The summed E-state index contributed by atoms with van der Waals surface area (Å²) in [6.07, 6.45) is 2.10. The van der Waals surface area contributed by atoms with Crippen molar-refractivity contribution in [2.75, 3.05) is 20.3 Å². The number of benzene rings is 1. The van der Waals surface area contributed by atoms with Gasteiger partial charge in [-0.3, -0.25) is 15.0 Å². The van der Waals surface area contributed by atoms with Gasteiger partial charge < -0.3 is 4.74 Å². The maximum Gasteiger partial charge on any atom is 0.269 e. The molecule has 5 heteroatoms. The van der Waals surface area contributed by atoms with Crippen molar-refractivity contribution in [3.8, 4) is 0 Å². The Morgan fingerprint density at radius 2 is 1.89 bits per heavy atom. The zero-order chi connectivity index (χ0) is 13.8. The van der Waals surface area contributed by atoms with Gasteiger partial charge in [0.2, 0.25) is 0 Å². The molecule has 1 unspecified atom stereocenters. The van der Waals surface area contributed by atoms with Crippen molar-refractivity contribution in [1.29, 1.82) is 0 Å². The zero-order valence-corrected chi connectivity index (χ0v) is 11.4. The first-order valence-electron chi connectivity index (χ1n) is 6.63. The molecular formula is C14H20N2O3. The first kappa shape index (κ1) is 14.0. The van der Waals surface area contributed by atoms with Crippen LogP contribution < -0.4 is 0 Å². The average molecular weight is 264 g/mol.